The summed E-state index contributed by atoms with van der Waals surface area (Å²) in [7, 11) is 1.66. The molecule has 0 atom stereocenters. The standard InChI is InChI=1S/C19H21N3O2/c1-24-16-7-8-18-17(11-16)15(13-21-18)9-10-20-19(23)22-12-14-5-3-2-4-6-14/h2-8,11,13,21H,9-10,12H2,1H3,(H2,20,22,23). The van der Waals surface area contributed by atoms with Gasteiger partial charge in [0.15, 0.2) is 0 Å². The maximum absolute atomic E-state index is 11.9. The van der Waals surface area contributed by atoms with Gasteiger partial charge in [-0.2, -0.15) is 0 Å². The highest BCUT2D eigenvalue weighted by atomic mass is 16.5. The predicted molar refractivity (Wildman–Crippen MR) is 95.2 cm³/mol. The summed E-state index contributed by atoms with van der Waals surface area (Å²) in [5.74, 6) is 0.830. The Morgan fingerprint density at radius 3 is 2.75 bits per heavy atom. The van der Waals surface area contributed by atoms with Crippen LogP contribution in [0.25, 0.3) is 10.9 Å². The van der Waals surface area contributed by atoms with Crippen molar-refractivity contribution >= 4 is 16.9 Å². The molecule has 1 heterocycles. The minimum absolute atomic E-state index is 0.156. The van der Waals surface area contributed by atoms with Gasteiger partial charge in [-0.15, -0.1) is 0 Å². The first-order chi connectivity index (χ1) is 11.8. The second-order valence-corrected chi connectivity index (χ2v) is 5.57. The lowest BCUT2D eigenvalue weighted by Crippen LogP contribution is -2.36. The summed E-state index contributed by atoms with van der Waals surface area (Å²) in [6.07, 6.45) is 2.74. The van der Waals surface area contributed by atoms with Gasteiger partial charge < -0.3 is 20.4 Å². The average molecular weight is 323 g/mol. The Hall–Kier alpha value is -2.95. The minimum Gasteiger partial charge on any atom is -0.497 e. The van der Waals surface area contributed by atoms with Gasteiger partial charge in [-0.05, 0) is 35.7 Å². The fraction of sp³-hybridized carbons (Fsp3) is 0.211. The maximum atomic E-state index is 11.9. The van der Waals surface area contributed by atoms with Crippen LogP contribution in [0.3, 0.4) is 0 Å². The molecular formula is C19H21N3O2. The van der Waals surface area contributed by atoms with E-state index in [1.165, 1.54) is 0 Å². The number of aromatic amines is 1. The lowest BCUT2D eigenvalue weighted by molar-refractivity contribution is 0.240. The van der Waals surface area contributed by atoms with Gasteiger partial charge >= 0.3 is 6.03 Å². The third kappa shape index (κ3) is 3.87. The third-order valence-electron chi connectivity index (χ3n) is 3.95. The van der Waals surface area contributed by atoms with E-state index in [-0.39, 0.29) is 6.03 Å². The zero-order valence-electron chi connectivity index (χ0n) is 13.6. The number of methoxy groups -OCH3 is 1. The molecule has 0 saturated heterocycles. The summed E-state index contributed by atoms with van der Waals surface area (Å²) in [5, 5.41) is 6.87. The minimum atomic E-state index is -0.156. The Bertz CT molecular complexity index is 812. The molecule has 0 fully saturated rings. The highest BCUT2D eigenvalue weighted by Crippen LogP contribution is 2.23. The number of carbonyl (C=O) groups excluding carboxylic acids is 1. The number of carbonyl (C=O) groups is 1. The molecule has 3 rings (SSSR count). The lowest BCUT2D eigenvalue weighted by atomic mass is 10.1. The maximum Gasteiger partial charge on any atom is 0.315 e. The van der Waals surface area contributed by atoms with Crippen LogP contribution in [0.4, 0.5) is 4.79 Å². The van der Waals surface area contributed by atoms with E-state index in [1.54, 1.807) is 7.11 Å². The number of ether oxygens (including phenoxy) is 1. The number of hydrogen-bond acceptors (Lipinski definition) is 2. The van der Waals surface area contributed by atoms with Crippen LogP contribution in [0.15, 0.2) is 54.7 Å². The van der Waals surface area contributed by atoms with Crippen LogP contribution in [0.1, 0.15) is 11.1 Å². The van der Waals surface area contributed by atoms with E-state index in [2.05, 4.69) is 15.6 Å². The van der Waals surface area contributed by atoms with Crippen molar-refractivity contribution in [3.05, 3.63) is 65.9 Å². The van der Waals surface area contributed by atoms with Crippen LogP contribution < -0.4 is 15.4 Å². The van der Waals surface area contributed by atoms with Crippen molar-refractivity contribution in [3.8, 4) is 5.75 Å². The Morgan fingerprint density at radius 1 is 1.12 bits per heavy atom. The van der Waals surface area contributed by atoms with Crippen molar-refractivity contribution < 1.29 is 9.53 Å². The molecule has 0 unspecified atom stereocenters. The van der Waals surface area contributed by atoms with Gasteiger partial charge in [-0.25, -0.2) is 4.79 Å². The summed E-state index contributed by atoms with van der Waals surface area (Å²) >= 11 is 0. The Labute approximate surface area is 141 Å². The fourth-order valence-electron chi connectivity index (χ4n) is 2.64. The molecule has 0 aliphatic rings. The smallest absolute Gasteiger partial charge is 0.315 e. The van der Waals surface area contributed by atoms with Crippen molar-refractivity contribution in [2.75, 3.05) is 13.7 Å². The first-order valence-corrected chi connectivity index (χ1v) is 7.96. The highest BCUT2D eigenvalue weighted by Gasteiger charge is 2.06. The number of rotatable bonds is 6. The number of hydrogen-bond donors (Lipinski definition) is 3. The number of nitrogens with one attached hydrogen (secondary N) is 3. The molecule has 0 saturated carbocycles. The van der Waals surface area contributed by atoms with Crippen molar-refractivity contribution in [2.24, 2.45) is 0 Å². The Balaban J connectivity index is 1.50. The van der Waals surface area contributed by atoms with E-state index in [9.17, 15) is 4.79 Å². The molecule has 0 bridgehead atoms. The molecule has 0 aliphatic carbocycles. The monoisotopic (exact) mass is 323 g/mol. The zero-order chi connectivity index (χ0) is 16.8. The van der Waals surface area contributed by atoms with E-state index in [0.717, 1.165) is 34.2 Å². The van der Waals surface area contributed by atoms with Crippen LogP contribution in [0, 0.1) is 0 Å². The molecular weight excluding hydrogens is 302 g/mol. The van der Waals surface area contributed by atoms with E-state index in [1.807, 2.05) is 54.7 Å². The number of benzene rings is 2. The lowest BCUT2D eigenvalue weighted by Gasteiger charge is -2.07. The van der Waals surface area contributed by atoms with Crippen LogP contribution in [-0.2, 0) is 13.0 Å². The van der Waals surface area contributed by atoms with Crippen molar-refractivity contribution in [3.63, 3.8) is 0 Å². The van der Waals surface area contributed by atoms with Gasteiger partial charge in [0.1, 0.15) is 5.75 Å². The Kier molecular flexibility index (Phi) is 5.01. The number of urea groups is 1. The van der Waals surface area contributed by atoms with Crippen molar-refractivity contribution in [2.45, 2.75) is 13.0 Å². The van der Waals surface area contributed by atoms with Gasteiger partial charge in [0.25, 0.3) is 0 Å². The predicted octanol–water partition coefficient (Wildman–Crippen LogP) is 3.22. The number of amides is 2. The normalized spacial score (nSPS) is 10.5. The van der Waals surface area contributed by atoms with Crippen LogP contribution in [0.2, 0.25) is 0 Å². The molecule has 24 heavy (non-hydrogen) atoms. The molecule has 5 heteroatoms. The second kappa shape index (κ2) is 7.55. The van der Waals surface area contributed by atoms with Crippen LogP contribution >= 0.6 is 0 Å². The first kappa shape index (κ1) is 15.9. The molecule has 3 N–H and O–H groups in total. The van der Waals surface area contributed by atoms with Gasteiger partial charge in [0, 0.05) is 30.2 Å². The fourth-order valence-corrected chi connectivity index (χ4v) is 2.64. The number of aromatic nitrogens is 1. The molecule has 2 aromatic carbocycles. The average Bonchev–Trinajstić information content (AvgIpc) is 3.03. The van der Waals surface area contributed by atoms with E-state index in [0.29, 0.717) is 13.1 Å². The van der Waals surface area contributed by atoms with Crippen LogP contribution in [0.5, 0.6) is 5.75 Å². The van der Waals surface area contributed by atoms with E-state index in [4.69, 9.17) is 4.74 Å². The number of fused-ring (bicyclic) bond motifs is 1. The third-order valence-corrected chi connectivity index (χ3v) is 3.95. The van der Waals surface area contributed by atoms with Crippen LogP contribution in [-0.4, -0.2) is 24.7 Å². The van der Waals surface area contributed by atoms with Gasteiger partial charge in [0.2, 0.25) is 0 Å². The molecule has 0 radical (unpaired) electrons. The first-order valence-electron chi connectivity index (χ1n) is 7.96. The molecule has 124 valence electrons. The molecule has 5 nitrogen and oxygen atoms in total. The topological polar surface area (TPSA) is 66.1 Å². The van der Waals surface area contributed by atoms with Gasteiger partial charge in [-0.3, -0.25) is 0 Å². The second-order valence-electron chi connectivity index (χ2n) is 5.57. The SMILES string of the molecule is COc1ccc2[nH]cc(CCNC(=O)NCc3ccccc3)c2c1. The quantitative estimate of drug-likeness (QED) is 0.652. The molecule has 0 spiro atoms. The van der Waals surface area contributed by atoms with E-state index >= 15 is 0 Å². The largest absolute Gasteiger partial charge is 0.497 e. The summed E-state index contributed by atoms with van der Waals surface area (Å²) in [4.78, 5) is 15.1. The van der Waals surface area contributed by atoms with Gasteiger partial charge in [0.05, 0.1) is 7.11 Å². The zero-order valence-corrected chi connectivity index (χ0v) is 13.6. The summed E-state index contributed by atoms with van der Waals surface area (Å²) in [5.41, 5.74) is 3.31. The highest BCUT2D eigenvalue weighted by molar-refractivity contribution is 5.84. The van der Waals surface area contributed by atoms with Gasteiger partial charge in [-0.1, -0.05) is 30.3 Å². The van der Waals surface area contributed by atoms with Crippen molar-refractivity contribution in [1.82, 2.24) is 15.6 Å². The summed E-state index contributed by atoms with van der Waals surface area (Å²) < 4.78 is 5.27. The molecule has 2 amide bonds. The van der Waals surface area contributed by atoms with E-state index < -0.39 is 0 Å². The summed E-state index contributed by atoms with van der Waals surface area (Å²) in [6, 6.07) is 15.6. The number of H-pyrrole nitrogens is 1. The summed E-state index contributed by atoms with van der Waals surface area (Å²) in [6.45, 7) is 1.10. The Morgan fingerprint density at radius 2 is 1.96 bits per heavy atom. The molecule has 1 aromatic heterocycles. The molecule has 0 aliphatic heterocycles. The van der Waals surface area contributed by atoms with Crippen molar-refractivity contribution in [1.29, 1.82) is 0 Å². The molecule has 3 aromatic rings.